The second-order valence-corrected chi connectivity index (χ2v) is 5.58. The smallest absolute Gasteiger partial charge is 0.237 e. The van der Waals surface area contributed by atoms with E-state index in [-0.39, 0.29) is 17.1 Å². The molecular weight excluding hydrogens is 234 g/mol. The molecule has 0 fully saturated rings. The Bertz CT molecular complexity index is 409. The number of carbonyl (C=O) groups excluding carboxylic acids is 1. The molecule has 94 valence electrons. The van der Waals surface area contributed by atoms with Crippen LogP contribution in [0.5, 0.6) is 0 Å². The van der Waals surface area contributed by atoms with Crippen LogP contribution in [0.1, 0.15) is 19.4 Å². The first kappa shape index (κ1) is 13.9. The molecule has 0 spiro atoms. The maximum atomic E-state index is 11.4. The summed E-state index contributed by atoms with van der Waals surface area (Å²) >= 11 is 1.59. The van der Waals surface area contributed by atoms with Crippen molar-refractivity contribution in [3.05, 3.63) is 23.8 Å². The van der Waals surface area contributed by atoms with E-state index in [4.69, 9.17) is 11.6 Å². The number of aryl methyl sites for hydroxylation is 1. The van der Waals surface area contributed by atoms with Crippen LogP contribution in [-0.4, -0.2) is 11.2 Å². The summed E-state index contributed by atoms with van der Waals surface area (Å²) in [5.41, 5.74) is 9.97. The summed E-state index contributed by atoms with van der Waals surface area (Å²) in [5.74, 6) is 4.81. The van der Waals surface area contributed by atoms with E-state index in [9.17, 15) is 4.79 Å². The van der Waals surface area contributed by atoms with E-state index in [1.807, 2.05) is 39.0 Å². The van der Waals surface area contributed by atoms with Gasteiger partial charge in [0.1, 0.15) is 0 Å². The quantitative estimate of drug-likeness (QED) is 0.251. The topological polar surface area (TPSA) is 81.1 Å². The van der Waals surface area contributed by atoms with Gasteiger partial charge in [-0.1, -0.05) is 19.9 Å². The predicted octanol–water partition coefficient (Wildman–Crippen LogP) is 1.68. The molecule has 5 N–H and O–H groups in total. The maximum absolute atomic E-state index is 11.4. The summed E-state index contributed by atoms with van der Waals surface area (Å²) in [7, 11) is 0. The number of hydrogen-bond acceptors (Lipinski definition) is 4. The van der Waals surface area contributed by atoms with Crippen LogP contribution in [0.15, 0.2) is 23.1 Å². The van der Waals surface area contributed by atoms with Crippen LogP contribution in [-0.2, 0) is 4.79 Å². The number of hydrazine groups is 1. The van der Waals surface area contributed by atoms with E-state index in [2.05, 4.69) is 5.43 Å². The molecule has 2 unspecified atom stereocenters. The predicted molar refractivity (Wildman–Crippen MR) is 72.4 cm³/mol. The first-order chi connectivity index (χ1) is 7.95. The fraction of sp³-hybridized carbons (Fsp3) is 0.417. The average molecular weight is 253 g/mol. The Morgan fingerprint density at radius 1 is 1.41 bits per heavy atom. The first-order valence-corrected chi connectivity index (χ1v) is 6.37. The van der Waals surface area contributed by atoms with E-state index in [1.54, 1.807) is 11.8 Å². The second kappa shape index (κ2) is 5.93. The van der Waals surface area contributed by atoms with Crippen molar-refractivity contribution in [1.29, 1.82) is 0 Å². The lowest BCUT2D eigenvalue weighted by Crippen LogP contribution is -2.38. The lowest BCUT2D eigenvalue weighted by Gasteiger charge is -2.18. The number of hydrogen-bond donors (Lipinski definition) is 3. The number of carbonyl (C=O) groups is 1. The minimum Gasteiger partial charge on any atom is -0.398 e. The molecule has 0 radical (unpaired) electrons. The lowest BCUT2D eigenvalue weighted by molar-refractivity contribution is -0.124. The second-order valence-electron chi connectivity index (χ2n) is 4.16. The summed E-state index contributed by atoms with van der Waals surface area (Å²) < 4.78 is 0. The standard InChI is InChI=1S/C12H19N3OS/c1-7-4-5-10(13)11(6-7)17-9(3)8(2)12(16)15-14/h4-6,8-9H,13-14H2,1-3H3,(H,15,16). The molecule has 0 heterocycles. The molecule has 1 aromatic rings. The Morgan fingerprint density at radius 2 is 2.06 bits per heavy atom. The molecule has 1 aromatic carbocycles. The molecule has 0 saturated carbocycles. The van der Waals surface area contributed by atoms with Crippen molar-refractivity contribution in [2.45, 2.75) is 30.9 Å². The molecule has 0 aliphatic heterocycles. The fourth-order valence-electron chi connectivity index (χ4n) is 1.39. The summed E-state index contributed by atoms with van der Waals surface area (Å²) in [6.45, 7) is 5.86. The molecule has 0 bridgehead atoms. The Balaban J connectivity index is 2.77. The average Bonchev–Trinajstić information content (AvgIpc) is 2.31. The van der Waals surface area contributed by atoms with Gasteiger partial charge >= 0.3 is 0 Å². The van der Waals surface area contributed by atoms with Crippen molar-refractivity contribution in [1.82, 2.24) is 5.43 Å². The largest absolute Gasteiger partial charge is 0.398 e. The van der Waals surface area contributed by atoms with Gasteiger partial charge in [-0.25, -0.2) is 5.84 Å². The summed E-state index contributed by atoms with van der Waals surface area (Å²) in [6.07, 6.45) is 0. The van der Waals surface area contributed by atoms with Gasteiger partial charge in [0.2, 0.25) is 5.91 Å². The van der Waals surface area contributed by atoms with Crippen molar-refractivity contribution in [2.75, 3.05) is 5.73 Å². The minimum atomic E-state index is -0.162. The monoisotopic (exact) mass is 253 g/mol. The highest BCUT2D eigenvalue weighted by Crippen LogP contribution is 2.32. The molecule has 17 heavy (non-hydrogen) atoms. The molecule has 0 aliphatic carbocycles. The molecule has 0 saturated heterocycles. The van der Waals surface area contributed by atoms with E-state index >= 15 is 0 Å². The van der Waals surface area contributed by atoms with E-state index in [0.29, 0.717) is 0 Å². The zero-order valence-electron chi connectivity index (χ0n) is 10.4. The molecule has 2 atom stereocenters. The van der Waals surface area contributed by atoms with Crippen LogP contribution in [0, 0.1) is 12.8 Å². The molecular formula is C12H19N3OS. The van der Waals surface area contributed by atoms with Gasteiger partial charge in [-0.3, -0.25) is 10.2 Å². The summed E-state index contributed by atoms with van der Waals surface area (Å²) in [5, 5.41) is 0.114. The third kappa shape index (κ3) is 3.64. The molecule has 1 amide bonds. The molecule has 1 rings (SSSR count). The van der Waals surface area contributed by atoms with Crippen molar-refractivity contribution in [3.63, 3.8) is 0 Å². The number of amides is 1. The van der Waals surface area contributed by atoms with Crippen molar-refractivity contribution < 1.29 is 4.79 Å². The van der Waals surface area contributed by atoms with E-state index in [0.717, 1.165) is 16.1 Å². The van der Waals surface area contributed by atoms with Crippen LogP contribution >= 0.6 is 11.8 Å². The minimum absolute atomic E-state index is 0.114. The van der Waals surface area contributed by atoms with Crippen LogP contribution in [0.25, 0.3) is 0 Å². The molecule has 4 nitrogen and oxygen atoms in total. The van der Waals surface area contributed by atoms with Crippen molar-refractivity contribution in [2.24, 2.45) is 11.8 Å². The third-order valence-electron chi connectivity index (χ3n) is 2.74. The molecule has 0 aromatic heterocycles. The van der Waals surface area contributed by atoms with E-state index in [1.165, 1.54) is 0 Å². The van der Waals surface area contributed by atoms with Gasteiger partial charge in [-0.15, -0.1) is 11.8 Å². The van der Waals surface area contributed by atoms with Gasteiger partial charge in [-0.05, 0) is 24.6 Å². The van der Waals surface area contributed by atoms with E-state index < -0.39 is 0 Å². The van der Waals surface area contributed by atoms with Crippen molar-refractivity contribution in [3.8, 4) is 0 Å². The lowest BCUT2D eigenvalue weighted by atomic mass is 10.1. The highest BCUT2D eigenvalue weighted by molar-refractivity contribution is 8.00. The highest BCUT2D eigenvalue weighted by atomic mass is 32.2. The van der Waals surface area contributed by atoms with Crippen molar-refractivity contribution >= 4 is 23.4 Å². The summed E-state index contributed by atoms with van der Waals surface area (Å²) in [4.78, 5) is 12.4. The maximum Gasteiger partial charge on any atom is 0.237 e. The van der Waals surface area contributed by atoms with Gasteiger partial charge < -0.3 is 5.73 Å². The zero-order chi connectivity index (χ0) is 13.0. The zero-order valence-corrected chi connectivity index (χ0v) is 11.2. The van der Waals surface area contributed by atoms with Gasteiger partial charge in [0.25, 0.3) is 0 Å². The number of nitrogens with one attached hydrogen (secondary N) is 1. The third-order valence-corrected chi connectivity index (χ3v) is 4.13. The molecule has 5 heteroatoms. The van der Waals surface area contributed by atoms with Crippen LogP contribution in [0.4, 0.5) is 5.69 Å². The summed E-state index contributed by atoms with van der Waals surface area (Å²) in [6, 6.07) is 5.89. The Morgan fingerprint density at radius 3 is 2.65 bits per heavy atom. The SMILES string of the molecule is Cc1ccc(N)c(SC(C)C(C)C(=O)NN)c1. The Hall–Kier alpha value is -1.20. The number of anilines is 1. The van der Waals surface area contributed by atoms with Gasteiger partial charge in [0.15, 0.2) is 0 Å². The van der Waals surface area contributed by atoms with Gasteiger partial charge in [0.05, 0.1) is 0 Å². The number of nitrogen functional groups attached to an aromatic ring is 1. The van der Waals surface area contributed by atoms with Crippen LogP contribution < -0.4 is 17.0 Å². The Labute approximate surface area is 106 Å². The number of benzene rings is 1. The normalized spacial score (nSPS) is 14.1. The van der Waals surface area contributed by atoms with Gasteiger partial charge in [-0.2, -0.15) is 0 Å². The fourth-order valence-corrected chi connectivity index (χ4v) is 2.58. The Kier molecular flexibility index (Phi) is 4.84. The first-order valence-electron chi connectivity index (χ1n) is 5.49. The van der Waals surface area contributed by atoms with Gasteiger partial charge in [0, 0.05) is 21.8 Å². The molecule has 0 aliphatic rings. The highest BCUT2D eigenvalue weighted by Gasteiger charge is 2.21. The van der Waals surface area contributed by atoms with Crippen LogP contribution in [0.3, 0.4) is 0 Å². The number of rotatable bonds is 4. The number of nitrogens with two attached hydrogens (primary N) is 2. The van der Waals surface area contributed by atoms with Crippen LogP contribution in [0.2, 0.25) is 0 Å². The number of thioether (sulfide) groups is 1.